The standard InChI is InChI=1S/C16H18FNO3/c1-19-12-8-7-10(9-14(12)21-3)16(18)15-11(17)5-4-6-13(15)20-2/h4-9,16H,18H2,1-3H3. The number of hydrogen-bond acceptors (Lipinski definition) is 4. The smallest absolute Gasteiger partial charge is 0.161 e. The van der Waals surface area contributed by atoms with Gasteiger partial charge in [-0.15, -0.1) is 0 Å². The van der Waals surface area contributed by atoms with E-state index in [1.807, 2.05) is 0 Å². The summed E-state index contributed by atoms with van der Waals surface area (Å²) < 4.78 is 29.7. The van der Waals surface area contributed by atoms with Crippen molar-refractivity contribution in [1.29, 1.82) is 0 Å². The van der Waals surface area contributed by atoms with E-state index < -0.39 is 11.9 Å². The molecule has 0 aliphatic rings. The summed E-state index contributed by atoms with van der Waals surface area (Å²) >= 11 is 0. The fraction of sp³-hybridized carbons (Fsp3) is 0.250. The molecule has 0 amide bonds. The van der Waals surface area contributed by atoms with Crippen LogP contribution in [-0.4, -0.2) is 21.3 Å². The molecule has 0 aromatic heterocycles. The molecule has 0 fully saturated rings. The Morgan fingerprint density at radius 1 is 0.905 bits per heavy atom. The molecule has 0 heterocycles. The SMILES string of the molecule is COc1ccc(C(N)c2c(F)cccc2OC)cc1OC. The summed E-state index contributed by atoms with van der Waals surface area (Å²) in [6.45, 7) is 0. The van der Waals surface area contributed by atoms with E-state index in [9.17, 15) is 4.39 Å². The van der Waals surface area contributed by atoms with Gasteiger partial charge in [0.1, 0.15) is 11.6 Å². The summed E-state index contributed by atoms with van der Waals surface area (Å²) in [5.41, 5.74) is 7.21. The fourth-order valence-corrected chi connectivity index (χ4v) is 2.21. The maximum Gasteiger partial charge on any atom is 0.161 e. The molecule has 2 N–H and O–H groups in total. The fourth-order valence-electron chi connectivity index (χ4n) is 2.21. The molecule has 2 aromatic carbocycles. The first-order valence-corrected chi connectivity index (χ1v) is 6.42. The van der Waals surface area contributed by atoms with Gasteiger partial charge in [0, 0.05) is 0 Å². The molecule has 112 valence electrons. The van der Waals surface area contributed by atoms with Crippen molar-refractivity contribution in [1.82, 2.24) is 0 Å². The van der Waals surface area contributed by atoms with Crippen LogP contribution in [0.5, 0.6) is 17.2 Å². The molecule has 0 aliphatic carbocycles. The quantitative estimate of drug-likeness (QED) is 0.920. The molecule has 1 unspecified atom stereocenters. The van der Waals surface area contributed by atoms with Crippen molar-refractivity contribution >= 4 is 0 Å². The summed E-state index contributed by atoms with van der Waals surface area (Å²) in [6, 6.07) is 9.20. The Balaban J connectivity index is 2.47. The van der Waals surface area contributed by atoms with Gasteiger partial charge in [-0.25, -0.2) is 4.39 Å². The molecule has 0 bridgehead atoms. The zero-order valence-corrected chi connectivity index (χ0v) is 12.2. The largest absolute Gasteiger partial charge is 0.496 e. The van der Waals surface area contributed by atoms with Gasteiger partial charge in [-0.05, 0) is 29.8 Å². The molecule has 0 saturated heterocycles. The van der Waals surface area contributed by atoms with E-state index in [4.69, 9.17) is 19.9 Å². The van der Waals surface area contributed by atoms with Crippen LogP contribution in [0.2, 0.25) is 0 Å². The van der Waals surface area contributed by atoms with Crippen molar-refractivity contribution in [3.63, 3.8) is 0 Å². The van der Waals surface area contributed by atoms with Gasteiger partial charge < -0.3 is 19.9 Å². The predicted molar refractivity (Wildman–Crippen MR) is 78.5 cm³/mol. The number of methoxy groups -OCH3 is 3. The Morgan fingerprint density at radius 2 is 1.57 bits per heavy atom. The summed E-state index contributed by atoms with van der Waals surface area (Å²) in [4.78, 5) is 0. The molecule has 0 aliphatic heterocycles. The van der Waals surface area contributed by atoms with Crippen LogP contribution in [0.15, 0.2) is 36.4 Å². The minimum Gasteiger partial charge on any atom is -0.496 e. The average molecular weight is 291 g/mol. The van der Waals surface area contributed by atoms with Crippen LogP contribution in [0.1, 0.15) is 17.2 Å². The zero-order chi connectivity index (χ0) is 15.4. The van der Waals surface area contributed by atoms with Crippen molar-refractivity contribution in [2.24, 2.45) is 5.73 Å². The van der Waals surface area contributed by atoms with Crippen LogP contribution >= 0.6 is 0 Å². The summed E-state index contributed by atoms with van der Waals surface area (Å²) in [6.07, 6.45) is 0. The first-order chi connectivity index (χ1) is 10.1. The Kier molecular flexibility index (Phi) is 4.65. The van der Waals surface area contributed by atoms with E-state index >= 15 is 0 Å². The molecule has 4 nitrogen and oxygen atoms in total. The van der Waals surface area contributed by atoms with E-state index in [1.165, 1.54) is 20.3 Å². The lowest BCUT2D eigenvalue weighted by Gasteiger charge is -2.18. The van der Waals surface area contributed by atoms with Crippen molar-refractivity contribution < 1.29 is 18.6 Å². The first kappa shape index (κ1) is 15.1. The lowest BCUT2D eigenvalue weighted by atomic mass is 9.97. The van der Waals surface area contributed by atoms with Crippen LogP contribution < -0.4 is 19.9 Å². The van der Waals surface area contributed by atoms with Gasteiger partial charge in [0.15, 0.2) is 11.5 Å². The molecule has 21 heavy (non-hydrogen) atoms. The predicted octanol–water partition coefficient (Wildman–Crippen LogP) is 2.90. The minimum atomic E-state index is -0.666. The number of rotatable bonds is 5. The van der Waals surface area contributed by atoms with Crippen molar-refractivity contribution in [2.75, 3.05) is 21.3 Å². The zero-order valence-electron chi connectivity index (χ0n) is 12.2. The second-order valence-electron chi connectivity index (χ2n) is 4.45. The summed E-state index contributed by atoms with van der Waals surface area (Å²) in [5.74, 6) is 1.14. The van der Waals surface area contributed by atoms with Crippen molar-refractivity contribution in [3.05, 3.63) is 53.3 Å². The molecule has 0 saturated carbocycles. The highest BCUT2D eigenvalue weighted by molar-refractivity contribution is 5.48. The molecule has 1 atom stereocenters. The Hall–Kier alpha value is -2.27. The lowest BCUT2D eigenvalue weighted by Crippen LogP contribution is -2.15. The molecule has 5 heteroatoms. The van der Waals surface area contributed by atoms with E-state index in [-0.39, 0.29) is 0 Å². The second kappa shape index (κ2) is 6.45. The van der Waals surface area contributed by atoms with Gasteiger partial charge in [0.2, 0.25) is 0 Å². The molecular formula is C16H18FNO3. The maximum absolute atomic E-state index is 14.1. The van der Waals surface area contributed by atoms with Gasteiger partial charge in [-0.2, -0.15) is 0 Å². The van der Waals surface area contributed by atoms with Crippen LogP contribution in [0, 0.1) is 5.82 Å². The van der Waals surface area contributed by atoms with Gasteiger partial charge in [0.25, 0.3) is 0 Å². The van der Waals surface area contributed by atoms with E-state index in [1.54, 1.807) is 37.4 Å². The number of halogens is 1. The van der Waals surface area contributed by atoms with Crippen LogP contribution in [0.25, 0.3) is 0 Å². The Labute approximate surface area is 123 Å². The summed E-state index contributed by atoms with van der Waals surface area (Å²) in [5, 5.41) is 0. The first-order valence-electron chi connectivity index (χ1n) is 6.42. The highest BCUT2D eigenvalue weighted by atomic mass is 19.1. The lowest BCUT2D eigenvalue weighted by molar-refractivity contribution is 0.354. The molecule has 2 rings (SSSR count). The van der Waals surface area contributed by atoms with Gasteiger partial charge in [0.05, 0.1) is 32.9 Å². The third kappa shape index (κ3) is 2.92. The molecule has 0 radical (unpaired) electrons. The Bertz CT molecular complexity index is 631. The molecule has 2 aromatic rings. The maximum atomic E-state index is 14.1. The Morgan fingerprint density at radius 3 is 2.19 bits per heavy atom. The van der Waals surface area contributed by atoms with Crippen molar-refractivity contribution in [3.8, 4) is 17.2 Å². The monoisotopic (exact) mass is 291 g/mol. The van der Waals surface area contributed by atoms with E-state index in [0.29, 0.717) is 28.4 Å². The molecule has 0 spiro atoms. The summed E-state index contributed by atoms with van der Waals surface area (Å²) in [7, 11) is 4.58. The number of ether oxygens (including phenoxy) is 3. The normalized spacial score (nSPS) is 11.9. The van der Waals surface area contributed by atoms with Crippen LogP contribution in [0.3, 0.4) is 0 Å². The highest BCUT2D eigenvalue weighted by Gasteiger charge is 2.20. The number of benzene rings is 2. The average Bonchev–Trinajstić information content (AvgIpc) is 2.53. The van der Waals surface area contributed by atoms with Crippen LogP contribution in [-0.2, 0) is 0 Å². The minimum absolute atomic E-state index is 0.312. The third-order valence-corrected chi connectivity index (χ3v) is 3.31. The second-order valence-corrected chi connectivity index (χ2v) is 4.45. The van der Waals surface area contributed by atoms with Gasteiger partial charge >= 0.3 is 0 Å². The van der Waals surface area contributed by atoms with E-state index in [0.717, 1.165) is 0 Å². The van der Waals surface area contributed by atoms with Gasteiger partial charge in [-0.3, -0.25) is 0 Å². The molecular weight excluding hydrogens is 273 g/mol. The topological polar surface area (TPSA) is 53.7 Å². The van der Waals surface area contributed by atoms with Gasteiger partial charge in [-0.1, -0.05) is 12.1 Å². The number of nitrogens with two attached hydrogens (primary N) is 1. The van der Waals surface area contributed by atoms with Crippen molar-refractivity contribution in [2.45, 2.75) is 6.04 Å². The highest BCUT2D eigenvalue weighted by Crippen LogP contribution is 2.35. The third-order valence-electron chi connectivity index (χ3n) is 3.31. The number of hydrogen-bond donors (Lipinski definition) is 1. The van der Waals surface area contributed by atoms with Crippen LogP contribution in [0.4, 0.5) is 4.39 Å². The van der Waals surface area contributed by atoms with E-state index in [2.05, 4.69) is 0 Å².